The van der Waals surface area contributed by atoms with Crippen molar-refractivity contribution in [3.8, 4) is 0 Å². The Morgan fingerprint density at radius 1 is 1.17 bits per heavy atom. The zero-order valence-electron chi connectivity index (χ0n) is 15.5. The van der Waals surface area contributed by atoms with E-state index in [0.29, 0.717) is 6.61 Å². The summed E-state index contributed by atoms with van der Waals surface area (Å²) in [7, 11) is 0. The maximum atomic E-state index is 12.2. The van der Waals surface area contributed by atoms with E-state index in [9.17, 15) is 4.79 Å². The summed E-state index contributed by atoms with van der Waals surface area (Å²) in [5.41, 5.74) is 0.942. The molecule has 0 bridgehead atoms. The third kappa shape index (κ3) is 5.52. The molecule has 1 amide bonds. The van der Waals surface area contributed by atoms with Crippen LogP contribution in [-0.2, 0) is 16.1 Å². The fraction of sp³-hybridized carbons (Fsp3) is 0.650. The molecule has 0 aliphatic carbocycles. The molecule has 0 spiro atoms. The molecule has 4 nitrogen and oxygen atoms in total. The first-order chi connectivity index (χ1) is 11.3. The van der Waals surface area contributed by atoms with E-state index in [-0.39, 0.29) is 11.5 Å². The van der Waals surface area contributed by atoms with Gasteiger partial charge in [0.2, 0.25) is 0 Å². The molecule has 1 aromatic rings. The van der Waals surface area contributed by atoms with Gasteiger partial charge >= 0.3 is 6.09 Å². The van der Waals surface area contributed by atoms with E-state index >= 15 is 0 Å². The van der Waals surface area contributed by atoms with Crippen molar-refractivity contribution in [3.63, 3.8) is 0 Å². The van der Waals surface area contributed by atoms with Crippen LogP contribution >= 0.6 is 0 Å². The lowest BCUT2D eigenvalue weighted by atomic mass is 9.77. The van der Waals surface area contributed by atoms with Gasteiger partial charge in [-0.25, -0.2) is 4.79 Å². The van der Waals surface area contributed by atoms with Crippen LogP contribution in [0.4, 0.5) is 4.79 Å². The van der Waals surface area contributed by atoms with Gasteiger partial charge in [-0.3, -0.25) is 0 Å². The molecule has 1 aliphatic rings. The zero-order valence-corrected chi connectivity index (χ0v) is 15.5. The topological polar surface area (TPSA) is 38.8 Å². The van der Waals surface area contributed by atoms with E-state index in [2.05, 4.69) is 19.1 Å². The Balaban J connectivity index is 1.81. The minimum Gasteiger partial charge on any atom is -0.444 e. The van der Waals surface area contributed by atoms with Gasteiger partial charge in [0, 0.05) is 13.1 Å². The number of carbonyl (C=O) groups excluding carboxylic acids is 1. The average molecular weight is 333 g/mol. The number of nitrogens with zero attached hydrogens (tertiary/aromatic N) is 1. The van der Waals surface area contributed by atoms with Crippen LogP contribution in [0.25, 0.3) is 0 Å². The molecular formula is C20H31NO3. The van der Waals surface area contributed by atoms with Gasteiger partial charge < -0.3 is 14.4 Å². The second kappa shape index (κ2) is 8.02. The van der Waals surface area contributed by atoms with Crippen molar-refractivity contribution in [1.29, 1.82) is 0 Å². The van der Waals surface area contributed by atoms with Gasteiger partial charge in [0.25, 0.3) is 0 Å². The number of rotatable bonds is 5. The maximum Gasteiger partial charge on any atom is 0.410 e. The zero-order chi connectivity index (χ0) is 17.6. The molecule has 2 rings (SSSR count). The van der Waals surface area contributed by atoms with Crippen LogP contribution in [0.5, 0.6) is 0 Å². The summed E-state index contributed by atoms with van der Waals surface area (Å²) in [6.07, 6.45) is 2.82. The molecule has 24 heavy (non-hydrogen) atoms. The second-order valence-corrected chi connectivity index (χ2v) is 7.80. The first-order valence-electron chi connectivity index (χ1n) is 8.93. The third-order valence-electron chi connectivity index (χ3n) is 4.75. The molecule has 1 saturated heterocycles. The van der Waals surface area contributed by atoms with E-state index < -0.39 is 5.60 Å². The highest BCUT2D eigenvalue weighted by atomic mass is 16.6. The Hall–Kier alpha value is -1.55. The van der Waals surface area contributed by atoms with E-state index in [4.69, 9.17) is 9.47 Å². The van der Waals surface area contributed by atoms with E-state index in [1.807, 2.05) is 43.9 Å². The highest BCUT2D eigenvalue weighted by Crippen LogP contribution is 2.35. The number of amides is 1. The van der Waals surface area contributed by atoms with Gasteiger partial charge in [-0.2, -0.15) is 0 Å². The summed E-state index contributed by atoms with van der Waals surface area (Å²) >= 11 is 0. The van der Waals surface area contributed by atoms with E-state index in [1.165, 1.54) is 5.56 Å². The van der Waals surface area contributed by atoms with Crippen molar-refractivity contribution in [2.24, 2.45) is 5.41 Å². The van der Waals surface area contributed by atoms with Crippen molar-refractivity contribution in [3.05, 3.63) is 35.9 Å². The highest BCUT2D eigenvalue weighted by Gasteiger charge is 2.36. The van der Waals surface area contributed by atoms with E-state index in [0.717, 1.165) is 39.0 Å². The van der Waals surface area contributed by atoms with Gasteiger partial charge in [-0.05, 0) is 51.0 Å². The number of hydrogen-bond acceptors (Lipinski definition) is 3. The molecule has 0 N–H and O–H groups in total. The monoisotopic (exact) mass is 333 g/mol. The Morgan fingerprint density at radius 3 is 2.33 bits per heavy atom. The predicted octanol–water partition coefficient (Wildman–Crippen LogP) is 4.63. The number of ether oxygens (including phenoxy) is 2. The Kier molecular flexibility index (Phi) is 6.27. The number of likely N-dealkylation sites (tertiary alicyclic amines) is 1. The summed E-state index contributed by atoms with van der Waals surface area (Å²) in [6.45, 7) is 10.8. The Morgan fingerprint density at radius 2 is 1.79 bits per heavy atom. The molecule has 1 heterocycles. The minimum absolute atomic E-state index is 0.174. The fourth-order valence-electron chi connectivity index (χ4n) is 3.05. The largest absolute Gasteiger partial charge is 0.444 e. The summed E-state index contributed by atoms with van der Waals surface area (Å²) in [6, 6.07) is 10.3. The van der Waals surface area contributed by atoms with Gasteiger partial charge in [0.15, 0.2) is 0 Å². The molecule has 0 saturated carbocycles. The smallest absolute Gasteiger partial charge is 0.410 e. The molecule has 0 aromatic heterocycles. The van der Waals surface area contributed by atoms with Gasteiger partial charge in [0.1, 0.15) is 5.60 Å². The fourth-order valence-corrected chi connectivity index (χ4v) is 3.05. The van der Waals surface area contributed by atoms with Crippen LogP contribution < -0.4 is 0 Å². The summed E-state index contributed by atoms with van der Waals surface area (Å²) in [5.74, 6) is 0. The van der Waals surface area contributed by atoms with Crippen LogP contribution in [0.3, 0.4) is 0 Å². The molecule has 0 atom stereocenters. The average Bonchev–Trinajstić information content (AvgIpc) is 2.55. The molecule has 1 aromatic carbocycles. The number of carbonyl (C=O) groups is 1. The highest BCUT2D eigenvalue weighted by molar-refractivity contribution is 5.68. The van der Waals surface area contributed by atoms with Crippen molar-refractivity contribution in [2.75, 3.05) is 19.7 Å². The van der Waals surface area contributed by atoms with Crippen LogP contribution in [0.1, 0.15) is 52.5 Å². The van der Waals surface area contributed by atoms with Crippen LogP contribution in [-0.4, -0.2) is 36.3 Å². The molecule has 1 fully saturated rings. The normalized spacial score (nSPS) is 17.6. The lowest BCUT2D eigenvalue weighted by Gasteiger charge is -2.41. The SMILES string of the molecule is CCC1(COCc2ccccc2)CCN(C(=O)OC(C)(C)C)CC1. The van der Waals surface area contributed by atoms with Crippen LogP contribution in [0.2, 0.25) is 0 Å². The first-order valence-corrected chi connectivity index (χ1v) is 8.93. The molecule has 4 heteroatoms. The minimum atomic E-state index is -0.435. The number of piperidine rings is 1. The van der Waals surface area contributed by atoms with Crippen molar-refractivity contribution in [2.45, 2.75) is 59.2 Å². The Bertz CT molecular complexity index is 513. The third-order valence-corrected chi connectivity index (χ3v) is 4.75. The van der Waals surface area contributed by atoms with Crippen molar-refractivity contribution >= 4 is 6.09 Å². The quantitative estimate of drug-likeness (QED) is 0.788. The summed E-state index contributed by atoms with van der Waals surface area (Å²) in [5, 5.41) is 0. The standard InChI is InChI=1S/C20H31NO3/c1-5-20(16-23-15-17-9-7-6-8-10-17)11-13-21(14-12-20)18(22)24-19(2,3)4/h6-10H,5,11-16H2,1-4H3. The summed E-state index contributed by atoms with van der Waals surface area (Å²) in [4.78, 5) is 14.0. The molecular weight excluding hydrogens is 302 g/mol. The summed E-state index contributed by atoms with van der Waals surface area (Å²) < 4.78 is 11.5. The lowest BCUT2D eigenvalue weighted by molar-refractivity contribution is -0.0218. The van der Waals surface area contributed by atoms with Crippen LogP contribution in [0, 0.1) is 5.41 Å². The van der Waals surface area contributed by atoms with Gasteiger partial charge in [-0.1, -0.05) is 37.3 Å². The van der Waals surface area contributed by atoms with Gasteiger partial charge in [-0.15, -0.1) is 0 Å². The lowest BCUT2D eigenvalue weighted by Crippen LogP contribution is -2.46. The molecule has 0 unspecified atom stereocenters. The Labute approximate surface area is 146 Å². The van der Waals surface area contributed by atoms with Crippen molar-refractivity contribution < 1.29 is 14.3 Å². The number of hydrogen-bond donors (Lipinski definition) is 0. The maximum absolute atomic E-state index is 12.2. The van der Waals surface area contributed by atoms with Crippen LogP contribution in [0.15, 0.2) is 30.3 Å². The molecule has 0 radical (unpaired) electrons. The molecule has 1 aliphatic heterocycles. The molecule has 134 valence electrons. The van der Waals surface area contributed by atoms with E-state index in [1.54, 1.807) is 0 Å². The second-order valence-electron chi connectivity index (χ2n) is 7.80. The predicted molar refractivity (Wildman–Crippen MR) is 95.9 cm³/mol. The van der Waals surface area contributed by atoms with Crippen molar-refractivity contribution in [1.82, 2.24) is 4.90 Å². The van der Waals surface area contributed by atoms with Gasteiger partial charge in [0.05, 0.1) is 13.2 Å². The number of benzene rings is 1. The first kappa shape index (κ1) is 18.8.